The maximum absolute atomic E-state index is 13.4. The SMILES string of the molecule is CCNc1cccc([C@@H](C)NC(=O)[C@@H](C)N2Cc3ccc(-c4nc(NC5CCOCC5)ncc4Cl)cc3C2=O)n1. The fraction of sp³-hybridized carbons (Fsp3) is 0.414. The molecule has 1 aromatic carbocycles. The van der Waals surface area contributed by atoms with Crippen LogP contribution in [0.2, 0.25) is 5.02 Å². The Morgan fingerprint density at radius 1 is 1.18 bits per heavy atom. The fourth-order valence-corrected chi connectivity index (χ4v) is 5.17. The highest BCUT2D eigenvalue weighted by Gasteiger charge is 2.35. The maximum atomic E-state index is 13.4. The summed E-state index contributed by atoms with van der Waals surface area (Å²) in [6.07, 6.45) is 3.34. The first kappa shape index (κ1) is 27.8. The second-order valence-corrected chi connectivity index (χ2v) is 10.5. The van der Waals surface area contributed by atoms with Crippen LogP contribution in [-0.2, 0) is 16.1 Å². The number of ether oxygens (including phenoxy) is 1. The van der Waals surface area contributed by atoms with Crippen LogP contribution in [0.25, 0.3) is 11.3 Å². The van der Waals surface area contributed by atoms with Gasteiger partial charge in [0.05, 0.1) is 28.6 Å². The average Bonchev–Trinajstić information content (AvgIpc) is 3.30. The molecule has 2 amide bonds. The molecule has 0 spiro atoms. The molecular formula is C29H34ClN7O3. The molecule has 3 aromatic rings. The third-order valence-corrected chi connectivity index (χ3v) is 7.57. The summed E-state index contributed by atoms with van der Waals surface area (Å²) in [7, 11) is 0. The topological polar surface area (TPSA) is 121 Å². The summed E-state index contributed by atoms with van der Waals surface area (Å²) in [5, 5.41) is 9.94. The van der Waals surface area contributed by atoms with Crippen molar-refractivity contribution in [1.82, 2.24) is 25.2 Å². The van der Waals surface area contributed by atoms with Gasteiger partial charge in [-0.2, -0.15) is 0 Å². The number of carbonyl (C=O) groups is 2. The Kier molecular flexibility index (Phi) is 8.46. The minimum atomic E-state index is -0.666. The lowest BCUT2D eigenvalue weighted by atomic mass is 10.0. The molecule has 210 valence electrons. The van der Waals surface area contributed by atoms with Gasteiger partial charge in [-0.1, -0.05) is 29.8 Å². The quantitative estimate of drug-likeness (QED) is 0.349. The maximum Gasteiger partial charge on any atom is 0.255 e. The Balaban J connectivity index is 1.28. The molecule has 0 bridgehead atoms. The van der Waals surface area contributed by atoms with Crippen molar-refractivity contribution in [3.8, 4) is 11.3 Å². The number of pyridine rings is 1. The van der Waals surface area contributed by atoms with Gasteiger partial charge in [-0.05, 0) is 57.4 Å². The van der Waals surface area contributed by atoms with E-state index < -0.39 is 6.04 Å². The van der Waals surface area contributed by atoms with Crippen molar-refractivity contribution in [2.24, 2.45) is 0 Å². The van der Waals surface area contributed by atoms with Crippen molar-refractivity contribution in [3.05, 3.63) is 64.4 Å². The van der Waals surface area contributed by atoms with Gasteiger partial charge in [-0.15, -0.1) is 0 Å². The standard InChI is InChI=1S/C29H34ClN7O3/c1-4-31-25-7-5-6-24(35-25)17(2)33-27(38)18(3)37-16-20-9-8-19(14-22(20)28(37)39)26-23(30)15-32-29(36-26)34-21-10-12-40-13-11-21/h5-9,14-15,17-18,21H,4,10-13,16H2,1-3H3,(H,31,35)(H,33,38)(H,32,34,36)/t17-,18-/m1/s1. The van der Waals surface area contributed by atoms with E-state index in [1.165, 1.54) is 0 Å². The molecule has 2 aromatic heterocycles. The number of carbonyl (C=O) groups excluding carboxylic acids is 2. The number of nitrogens with one attached hydrogen (secondary N) is 3. The molecule has 2 atom stereocenters. The third-order valence-electron chi connectivity index (χ3n) is 7.29. The zero-order chi connectivity index (χ0) is 28.2. The Labute approximate surface area is 238 Å². The summed E-state index contributed by atoms with van der Waals surface area (Å²) >= 11 is 6.48. The predicted octanol–water partition coefficient (Wildman–Crippen LogP) is 4.44. The van der Waals surface area contributed by atoms with Crippen molar-refractivity contribution >= 4 is 35.2 Å². The van der Waals surface area contributed by atoms with E-state index in [9.17, 15) is 9.59 Å². The lowest BCUT2D eigenvalue weighted by molar-refractivity contribution is -0.125. The second-order valence-electron chi connectivity index (χ2n) is 10.1. The number of aromatic nitrogens is 3. The van der Waals surface area contributed by atoms with E-state index in [4.69, 9.17) is 16.3 Å². The fourth-order valence-electron chi connectivity index (χ4n) is 4.97. The zero-order valence-corrected chi connectivity index (χ0v) is 23.7. The third kappa shape index (κ3) is 6.03. The summed E-state index contributed by atoms with van der Waals surface area (Å²) in [5.41, 5.74) is 3.40. The average molecular weight is 564 g/mol. The molecule has 10 nitrogen and oxygen atoms in total. The molecule has 1 fully saturated rings. The highest BCUT2D eigenvalue weighted by atomic mass is 35.5. The molecule has 0 aliphatic carbocycles. The molecule has 40 heavy (non-hydrogen) atoms. The van der Waals surface area contributed by atoms with Gasteiger partial charge in [0.15, 0.2) is 0 Å². The van der Waals surface area contributed by atoms with Crippen LogP contribution in [0.4, 0.5) is 11.8 Å². The molecule has 0 unspecified atom stereocenters. The van der Waals surface area contributed by atoms with Crippen LogP contribution >= 0.6 is 11.6 Å². The van der Waals surface area contributed by atoms with Crippen LogP contribution in [0.15, 0.2) is 42.6 Å². The largest absolute Gasteiger partial charge is 0.381 e. The summed E-state index contributed by atoms with van der Waals surface area (Å²) in [4.78, 5) is 41.7. The van der Waals surface area contributed by atoms with E-state index in [0.29, 0.717) is 47.6 Å². The number of hydrogen-bond acceptors (Lipinski definition) is 8. The predicted molar refractivity (Wildman–Crippen MR) is 154 cm³/mol. The molecule has 3 N–H and O–H groups in total. The van der Waals surface area contributed by atoms with E-state index in [2.05, 4.69) is 30.9 Å². The highest BCUT2D eigenvalue weighted by molar-refractivity contribution is 6.33. The minimum Gasteiger partial charge on any atom is -0.381 e. The van der Waals surface area contributed by atoms with Gasteiger partial charge >= 0.3 is 0 Å². The number of hydrogen-bond donors (Lipinski definition) is 3. The van der Waals surface area contributed by atoms with Gasteiger partial charge in [0.25, 0.3) is 5.91 Å². The highest BCUT2D eigenvalue weighted by Crippen LogP contribution is 2.32. The van der Waals surface area contributed by atoms with Crippen LogP contribution in [0.5, 0.6) is 0 Å². The number of rotatable bonds is 9. The normalized spacial score (nSPS) is 16.8. The van der Waals surface area contributed by atoms with E-state index >= 15 is 0 Å². The lowest BCUT2D eigenvalue weighted by Gasteiger charge is -2.25. The van der Waals surface area contributed by atoms with Gasteiger partial charge in [0, 0.05) is 43.5 Å². The van der Waals surface area contributed by atoms with E-state index in [1.54, 1.807) is 24.1 Å². The van der Waals surface area contributed by atoms with Crippen molar-refractivity contribution in [2.45, 2.75) is 58.3 Å². The zero-order valence-electron chi connectivity index (χ0n) is 22.9. The first-order chi connectivity index (χ1) is 19.3. The van der Waals surface area contributed by atoms with Crippen molar-refractivity contribution < 1.29 is 14.3 Å². The Hall–Kier alpha value is -3.76. The summed E-state index contributed by atoms with van der Waals surface area (Å²) in [6, 6.07) is 10.5. The number of anilines is 2. The van der Waals surface area contributed by atoms with Gasteiger partial charge < -0.3 is 25.6 Å². The molecule has 11 heteroatoms. The van der Waals surface area contributed by atoms with Gasteiger partial charge in [0.1, 0.15) is 11.9 Å². The molecule has 1 saturated heterocycles. The Morgan fingerprint density at radius 2 is 1.98 bits per heavy atom. The second kappa shape index (κ2) is 12.2. The number of fused-ring (bicyclic) bond motifs is 1. The Bertz CT molecular complexity index is 1400. The number of amides is 2. The minimum absolute atomic E-state index is 0.204. The van der Waals surface area contributed by atoms with Crippen LogP contribution in [0.3, 0.4) is 0 Å². The summed E-state index contributed by atoms with van der Waals surface area (Å²) < 4.78 is 5.43. The first-order valence-electron chi connectivity index (χ1n) is 13.7. The Morgan fingerprint density at radius 3 is 2.75 bits per heavy atom. The van der Waals surface area contributed by atoms with Crippen LogP contribution in [0, 0.1) is 0 Å². The molecule has 0 saturated carbocycles. The molecule has 5 rings (SSSR count). The van der Waals surface area contributed by atoms with E-state index in [0.717, 1.165) is 36.5 Å². The number of nitrogens with zero attached hydrogens (tertiary/aromatic N) is 4. The monoisotopic (exact) mass is 563 g/mol. The van der Waals surface area contributed by atoms with E-state index in [-0.39, 0.29) is 23.9 Å². The number of halogens is 1. The van der Waals surface area contributed by atoms with Gasteiger partial charge in [-0.3, -0.25) is 9.59 Å². The summed E-state index contributed by atoms with van der Waals surface area (Å²) in [5.74, 6) is 0.799. The van der Waals surface area contributed by atoms with Crippen LogP contribution in [-0.4, -0.2) is 63.5 Å². The summed E-state index contributed by atoms with van der Waals surface area (Å²) in [6.45, 7) is 8.14. The lowest BCUT2D eigenvalue weighted by Crippen LogP contribution is -2.46. The molecule has 2 aliphatic heterocycles. The van der Waals surface area contributed by atoms with Crippen LogP contribution in [0.1, 0.15) is 61.3 Å². The van der Waals surface area contributed by atoms with Crippen molar-refractivity contribution in [1.29, 1.82) is 0 Å². The smallest absolute Gasteiger partial charge is 0.255 e. The number of benzene rings is 1. The molecular weight excluding hydrogens is 530 g/mol. The first-order valence-corrected chi connectivity index (χ1v) is 14.0. The molecule has 0 radical (unpaired) electrons. The van der Waals surface area contributed by atoms with Gasteiger partial charge in [-0.25, -0.2) is 15.0 Å². The van der Waals surface area contributed by atoms with Crippen molar-refractivity contribution in [3.63, 3.8) is 0 Å². The molecule has 2 aliphatic rings. The van der Waals surface area contributed by atoms with Crippen LogP contribution < -0.4 is 16.0 Å². The van der Waals surface area contributed by atoms with Gasteiger partial charge in [0.2, 0.25) is 11.9 Å². The molecule has 4 heterocycles. The van der Waals surface area contributed by atoms with Crippen molar-refractivity contribution in [2.75, 3.05) is 30.4 Å². The van der Waals surface area contributed by atoms with E-state index in [1.807, 2.05) is 44.2 Å².